The van der Waals surface area contributed by atoms with Gasteiger partial charge in [-0.25, -0.2) is 13.5 Å². The molecule has 0 spiro atoms. The van der Waals surface area contributed by atoms with Crippen molar-refractivity contribution in [2.75, 3.05) is 13.2 Å². The summed E-state index contributed by atoms with van der Waals surface area (Å²) < 4.78 is 40.9. The van der Waals surface area contributed by atoms with Crippen LogP contribution >= 0.6 is 0 Å². The van der Waals surface area contributed by atoms with Crippen LogP contribution in [-0.2, 0) is 17.4 Å². The van der Waals surface area contributed by atoms with Gasteiger partial charge < -0.3 is 14.4 Å². The Morgan fingerprint density at radius 2 is 1.78 bits per heavy atom. The number of hydrogen-bond acceptors (Lipinski definition) is 5. The van der Waals surface area contributed by atoms with E-state index >= 15 is 8.78 Å². The van der Waals surface area contributed by atoms with Crippen LogP contribution < -0.4 is 0 Å². The number of hydrogen-bond donors (Lipinski definition) is 1. The van der Waals surface area contributed by atoms with E-state index in [0.717, 1.165) is 36.7 Å². The van der Waals surface area contributed by atoms with Crippen LogP contribution in [-0.4, -0.2) is 42.9 Å². The maximum Gasteiger partial charge on any atom is 0.133 e. The Bertz CT molecular complexity index is 1760. The van der Waals surface area contributed by atoms with Gasteiger partial charge in [0.15, 0.2) is 0 Å². The first-order chi connectivity index (χ1) is 19.8. The van der Waals surface area contributed by atoms with Gasteiger partial charge in [0.05, 0.1) is 39.6 Å². The minimum atomic E-state index is -1.04. The predicted octanol–water partition coefficient (Wildman–Crippen LogP) is 6.21. The fourth-order valence-electron chi connectivity index (χ4n) is 6.74. The molecule has 2 fully saturated rings. The summed E-state index contributed by atoms with van der Waals surface area (Å²) in [5.74, 6) is -0.459. The van der Waals surface area contributed by atoms with Crippen molar-refractivity contribution < 1.29 is 18.6 Å². The minimum absolute atomic E-state index is 0.0701. The zero-order valence-corrected chi connectivity index (χ0v) is 23.4. The van der Waals surface area contributed by atoms with Crippen molar-refractivity contribution in [3.63, 3.8) is 0 Å². The third kappa shape index (κ3) is 4.25. The molecule has 2 atom stereocenters. The minimum Gasteiger partial charge on any atom is -0.385 e. The van der Waals surface area contributed by atoms with Crippen molar-refractivity contribution in [2.45, 2.75) is 51.2 Å². The molecule has 1 aliphatic heterocycles. The van der Waals surface area contributed by atoms with Crippen molar-refractivity contribution in [1.82, 2.24) is 24.5 Å². The van der Waals surface area contributed by atoms with Gasteiger partial charge in [-0.05, 0) is 75.6 Å². The molecule has 7 rings (SSSR count). The van der Waals surface area contributed by atoms with E-state index in [1.54, 1.807) is 30.9 Å². The quantitative estimate of drug-likeness (QED) is 0.269. The topological polar surface area (TPSA) is 78.0 Å². The second kappa shape index (κ2) is 9.70. The highest BCUT2D eigenvalue weighted by molar-refractivity contribution is 6.07. The molecular formula is C32H33F2N5O2. The third-order valence-corrected chi connectivity index (χ3v) is 9.15. The number of aliphatic hydroxyl groups is 1. The van der Waals surface area contributed by atoms with Gasteiger partial charge in [0.1, 0.15) is 11.6 Å². The zero-order chi connectivity index (χ0) is 28.5. The number of benzene rings is 2. The molecule has 0 radical (unpaired) electrons. The second-order valence-corrected chi connectivity index (χ2v) is 11.8. The van der Waals surface area contributed by atoms with Crippen LogP contribution in [0.1, 0.15) is 55.5 Å². The van der Waals surface area contributed by atoms with Crippen LogP contribution in [0.3, 0.4) is 0 Å². The van der Waals surface area contributed by atoms with E-state index in [1.165, 1.54) is 12.1 Å². The summed E-state index contributed by atoms with van der Waals surface area (Å²) in [4.78, 5) is 4.82. The molecule has 9 heteroatoms. The molecule has 5 aromatic rings. The molecular weight excluding hydrogens is 524 g/mol. The van der Waals surface area contributed by atoms with Crippen LogP contribution in [0, 0.1) is 30.4 Å². The molecule has 0 bridgehead atoms. The summed E-state index contributed by atoms with van der Waals surface area (Å²) in [7, 11) is 1.74. The van der Waals surface area contributed by atoms with Gasteiger partial charge >= 0.3 is 0 Å². The number of aromatic nitrogens is 5. The highest BCUT2D eigenvalue weighted by Crippen LogP contribution is 2.47. The summed E-state index contributed by atoms with van der Waals surface area (Å²) in [6, 6.07) is 11.8. The maximum absolute atomic E-state index is 15.9. The number of aryl methyl sites for hydroxylation is 2. The summed E-state index contributed by atoms with van der Waals surface area (Å²) in [6.07, 6.45) is 5.14. The summed E-state index contributed by atoms with van der Waals surface area (Å²) in [5.41, 5.74) is 3.92. The van der Waals surface area contributed by atoms with Crippen molar-refractivity contribution >= 4 is 21.9 Å². The first-order valence-electron chi connectivity index (χ1n) is 14.3. The van der Waals surface area contributed by atoms with Crippen LogP contribution in [0.25, 0.3) is 33.2 Å². The Morgan fingerprint density at radius 1 is 1.02 bits per heavy atom. The van der Waals surface area contributed by atoms with Gasteiger partial charge in [-0.1, -0.05) is 23.4 Å². The Morgan fingerprint density at radius 3 is 2.46 bits per heavy atom. The molecule has 41 heavy (non-hydrogen) atoms. The van der Waals surface area contributed by atoms with Crippen molar-refractivity contribution in [2.24, 2.45) is 18.9 Å². The molecule has 1 saturated carbocycles. The lowest BCUT2D eigenvalue weighted by molar-refractivity contribution is 0.0328. The Balaban J connectivity index is 1.57. The van der Waals surface area contributed by atoms with Gasteiger partial charge in [0, 0.05) is 48.5 Å². The fraction of sp³-hybridized carbons (Fsp3) is 0.406. The lowest BCUT2D eigenvalue weighted by Gasteiger charge is -2.33. The number of pyridine rings is 1. The van der Waals surface area contributed by atoms with E-state index in [4.69, 9.17) is 9.72 Å². The molecule has 0 amide bonds. The lowest BCUT2D eigenvalue weighted by Crippen LogP contribution is -2.28. The van der Waals surface area contributed by atoms with E-state index in [-0.39, 0.29) is 17.7 Å². The number of ether oxygens (including phenoxy) is 1. The van der Waals surface area contributed by atoms with E-state index in [0.29, 0.717) is 52.2 Å². The SMILES string of the molecule is Cc1nnn(C)c1-c1cc2c(cc1F)c1ncc(C(C)(O)C3CC3)cc1n2[C@H](c1ccccc1F)C1CCOCC1. The van der Waals surface area contributed by atoms with E-state index in [1.807, 2.05) is 31.2 Å². The van der Waals surface area contributed by atoms with E-state index in [9.17, 15) is 5.11 Å². The molecule has 1 aliphatic carbocycles. The van der Waals surface area contributed by atoms with E-state index < -0.39 is 17.5 Å². The Kier molecular flexibility index (Phi) is 6.21. The zero-order valence-electron chi connectivity index (χ0n) is 23.4. The van der Waals surface area contributed by atoms with Crippen molar-refractivity contribution in [3.05, 3.63) is 77.1 Å². The average Bonchev–Trinajstić information content (AvgIpc) is 3.73. The van der Waals surface area contributed by atoms with Crippen LogP contribution in [0.4, 0.5) is 8.78 Å². The van der Waals surface area contributed by atoms with Crippen LogP contribution in [0.5, 0.6) is 0 Å². The molecule has 7 nitrogen and oxygen atoms in total. The monoisotopic (exact) mass is 557 g/mol. The summed E-state index contributed by atoms with van der Waals surface area (Å²) >= 11 is 0. The molecule has 1 saturated heterocycles. The van der Waals surface area contributed by atoms with Crippen molar-refractivity contribution in [3.8, 4) is 11.3 Å². The fourth-order valence-corrected chi connectivity index (χ4v) is 6.74. The largest absolute Gasteiger partial charge is 0.385 e. The Labute approximate surface area is 236 Å². The maximum atomic E-state index is 15.9. The Hall–Kier alpha value is -3.69. The lowest BCUT2D eigenvalue weighted by atomic mass is 9.86. The van der Waals surface area contributed by atoms with Crippen LogP contribution in [0.2, 0.25) is 0 Å². The van der Waals surface area contributed by atoms with Gasteiger partial charge in [-0.2, -0.15) is 0 Å². The van der Waals surface area contributed by atoms with Gasteiger partial charge in [-0.15, -0.1) is 5.10 Å². The second-order valence-electron chi connectivity index (χ2n) is 11.8. The molecule has 2 aromatic carbocycles. The first-order valence-corrected chi connectivity index (χ1v) is 14.3. The molecule has 4 heterocycles. The molecule has 212 valence electrons. The molecule has 2 aliphatic rings. The van der Waals surface area contributed by atoms with Gasteiger partial charge in [0.2, 0.25) is 0 Å². The first kappa shape index (κ1) is 26.2. The highest BCUT2D eigenvalue weighted by Gasteiger charge is 2.42. The van der Waals surface area contributed by atoms with Crippen LogP contribution in [0.15, 0.2) is 48.7 Å². The molecule has 3 aromatic heterocycles. The highest BCUT2D eigenvalue weighted by atomic mass is 19.1. The van der Waals surface area contributed by atoms with Gasteiger partial charge in [0.25, 0.3) is 0 Å². The normalized spacial score (nSPS) is 18.7. The number of fused-ring (bicyclic) bond motifs is 3. The number of halogens is 2. The predicted molar refractivity (Wildman–Crippen MR) is 152 cm³/mol. The molecule has 1 N–H and O–H groups in total. The summed E-state index contributed by atoms with van der Waals surface area (Å²) in [6.45, 7) is 4.82. The molecule has 1 unspecified atom stereocenters. The van der Waals surface area contributed by atoms with Gasteiger partial charge in [-0.3, -0.25) is 4.98 Å². The number of nitrogens with zero attached hydrogens (tertiary/aromatic N) is 5. The third-order valence-electron chi connectivity index (χ3n) is 9.15. The smallest absolute Gasteiger partial charge is 0.133 e. The van der Waals surface area contributed by atoms with Crippen molar-refractivity contribution in [1.29, 1.82) is 0 Å². The van der Waals surface area contributed by atoms with E-state index in [2.05, 4.69) is 14.9 Å². The number of rotatable bonds is 6. The summed E-state index contributed by atoms with van der Waals surface area (Å²) in [5, 5.41) is 20.4. The average molecular weight is 558 g/mol. The standard InChI is InChI=1S/C32H33F2N5O2/c1-18-30(38(3)37-36-18)23-16-27-24(15-26(23)34)29-28(14-21(17-35-29)32(2,40)20-8-9-20)39(27)31(19-10-12-41-13-11-19)22-6-4-5-7-25(22)33/h4-7,14-17,19-20,31,40H,8-13H2,1-3H3/t31-,32?/m0/s1.